The lowest BCUT2D eigenvalue weighted by molar-refractivity contribution is -0.302. The molecule has 7 unspecified atom stereocenters. The smallest absolute Gasteiger partial charge is 0.220 e. The second-order valence-corrected chi connectivity index (χ2v) is 15.8. The van der Waals surface area contributed by atoms with E-state index in [0.29, 0.717) is 6.42 Å². The molecule has 1 saturated heterocycles. The lowest BCUT2D eigenvalue weighted by Crippen LogP contribution is -2.60. The molecule has 0 radical (unpaired) electrons. The van der Waals surface area contributed by atoms with Crippen molar-refractivity contribution in [2.24, 2.45) is 0 Å². The molecule has 0 aliphatic carbocycles. The molecule has 1 heterocycles. The highest BCUT2D eigenvalue weighted by Crippen LogP contribution is 2.22. The molecule has 0 saturated carbocycles. The van der Waals surface area contributed by atoms with Gasteiger partial charge in [0, 0.05) is 6.42 Å². The zero-order valence-electron chi connectivity index (χ0n) is 35.2. The first-order valence-electron chi connectivity index (χ1n) is 22.7. The monoisotopic (exact) mass is 780 g/mol. The van der Waals surface area contributed by atoms with E-state index >= 15 is 0 Å². The molecule has 1 rings (SSSR count). The maximum atomic E-state index is 12.8. The van der Waals surface area contributed by atoms with Gasteiger partial charge in [-0.2, -0.15) is 0 Å². The van der Waals surface area contributed by atoms with Gasteiger partial charge in [0.05, 0.1) is 25.4 Å². The van der Waals surface area contributed by atoms with Crippen LogP contribution < -0.4 is 5.32 Å². The molecule has 9 heteroatoms. The quantitative estimate of drug-likeness (QED) is 0.0270. The fourth-order valence-electron chi connectivity index (χ4n) is 7.02. The van der Waals surface area contributed by atoms with Crippen LogP contribution in [0.25, 0.3) is 0 Å². The van der Waals surface area contributed by atoms with Crippen molar-refractivity contribution < 1.29 is 39.8 Å². The first-order valence-corrected chi connectivity index (χ1v) is 22.7. The molecule has 0 aromatic rings. The number of hydrogen-bond acceptors (Lipinski definition) is 8. The molecular formula is C46H85NO8. The molecule has 1 fully saturated rings. The molecule has 7 atom stereocenters. The van der Waals surface area contributed by atoms with Gasteiger partial charge in [-0.1, -0.05) is 179 Å². The number of unbranched alkanes of at least 4 members (excludes halogenated alkanes) is 23. The summed E-state index contributed by atoms with van der Waals surface area (Å²) < 4.78 is 11.0. The highest BCUT2D eigenvalue weighted by Gasteiger charge is 2.44. The summed E-state index contributed by atoms with van der Waals surface area (Å²) >= 11 is 0. The first kappa shape index (κ1) is 51.4. The molecule has 322 valence electrons. The Morgan fingerprint density at radius 2 is 1.11 bits per heavy atom. The van der Waals surface area contributed by atoms with Crippen LogP contribution in [-0.2, 0) is 14.3 Å². The summed E-state index contributed by atoms with van der Waals surface area (Å²) in [6.07, 6.45) is 38.8. The van der Waals surface area contributed by atoms with Gasteiger partial charge >= 0.3 is 0 Å². The summed E-state index contributed by atoms with van der Waals surface area (Å²) in [6.45, 7) is 3.54. The molecule has 0 bridgehead atoms. The van der Waals surface area contributed by atoms with Gasteiger partial charge in [-0.15, -0.1) is 0 Å². The number of nitrogens with one attached hydrogen (secondary N) is 1. The zero-order valence-corrected chi connectivity index (χ0v) is 35.2. The second kappa shape index (κ2) is 36.7. The normalized spacial score (nSPS) is 21.6. The maximum absolute atomic E-state index is 12.8. The van der Waals surface area contributed by atoms with Gasteiger partial charge in [0.1, 0.15) is 24.4 Å². The van der Waals surface area contributed by atoms with Crippen LogP contribution in [0.5, 0.6) is 0 Å². The molecule has 55 heavy (non-hydrogen) atoms. The maximum Gasteiger partial charge on any atom is 0.220 e. The minimum Gasteiger partial charge on any atom is -0.394 e. The highest BCUT2D eigenvalue weighted by atomic mass is 16.7. The van der Waals surface area contributed by atoms with Crippen molar-refractivity contribution >= 4 is 5.91 Å². The molecule has 0 aromatic carbocycles. The number of ether oxygens (including phenoxy) is 2. The van der Waals surface area contributed by atoms with Gasteiger partial charge in [-0.3, -0.25) is 4.79 Å². The summed E-state index contributed by atoms with van der Waals surface area (Å²) in [5.74, 6) is -0.189. The average Bonchev–Trinajstić information content (AvgIpc) is 3.18. The standard InChI is InChI=1S/C46H85NO8/c1-3-5-7-8-9-10-11-12-13-14-15-16-17-18-19-20-21-22-23-24-25-26-27-28-29-30-31-32-34-36-42(50)47-39(40(49)35-33-6-4-2)38-54-46-45(53)44(52)43(51)41(37-48)55-46/h11-12,14-15,33,35,39-41,43-46,48-49,51-53H,3-10,13,16-32,34,36-38H2,1-2H3,(H,47,50)/b12-11-,15-14-,35-33+. The van der Waals surface area contributed by atoms with Crippen LogP contribution in [0.15, 0.2) is 36.5 Å². The van der Waals surface area contributed by atoms with Crippen LogP contribution in [0.3, 0.4) is 0 Å². The molecule has 1 aliphatic heterocycles. The van der Waals surface area contributed by atoms with Crippen LogP contribution >= 0.6 is 0 Å². The Labute approximate surface area is 336 Å². The van der Waals surface area contributed by atoms with Gasteiger partial charge in [-0.05, 0) is 44.9 Å². The Morgan fingerprint density at radius 1 is 0.618 bits per heavy atom. The van der Waals surface area contributed by atoms with Gasteiger partial charge in [0.15, 0.2) is 6.29 Å². The molecule has 0 aromatic heterocycles. The van der Waals surface area contributed by atoms with Gasteiger partial charge in [0.25, 0.3) is 0 Å². The van der Waals surface area contributed by atoms with Crippen LogP contribution in [0, 0.1) is 0 Å². The highest BCUT2D eigenvalue weighted by molar-refractivity contribution is 5.76. The minimum absolute atomic E-state index is 0.189. The summed E-state index contributed by atoms with van der Waals surface area (Å²) in [5.41, 5.74) is 0. The number of carbonyl (C=O) groups is 1. The molecular weight excluding hydrogens is 695 g/mol. The minimum atomic E-state index is -1.56. The van der Waals surface area contributed by atoms with E-state index in [9.17, 15) is 30.3 Å². The van der Waals surface area contributed by atoms with Crippen LogP contribution in [0.4, 0.5) is 0 Å². The van der Waals surface area contributed by atoms with Gasteiger partial charge < -0.3 is 40.3 Å². The fraction of sp³-hybridized carbons (Fsp3) is 0.848. The number of aliphatic hydroxyl groups is 5. The lowest BCUT2D eigenvalue weighted by atomic mass is 9.99. The number of carbonyl (C=O) groups excluding carboxylic acids is 1. The molecule has 1 amide bonds. The third-order valence-electron chi connectivity index (χ3n) is 10.7. The molecule has 1 aliphatic rings. The van der Waals surface area contributed by atoms with E-state index in [1.54, 1.807) is 6.08 Å². The Kier molecular flexibility index (Phi) is 34.3. The lowest BCUT2D eigenvalue weighted by Gasteiger charge is -2.40. The molecule has 6 N–H and O–H groups in total. The number of hydrogen-bond donors (Lipinski definition) is 6. The summed E-state index contributed by atoms with van der Waals surface area (Å²) in [4.78, 5) is 12.8. The number of allylic oxidation sites excluding steroid dienone is 5. The summed E-state index contributed by atoms with van der Waals surface area (Å²) in [6, 6.07) is -0.798. The SMILES string of the molecule is CCC/C=C/C(O)C(COC1OC(CO)C(O)C(O)C1O)NC(=O)CCCCCCCCCCCCCCCCCCC/C=C\C/C=C\CCCCCCC. The van der Waals surface area contributed by atoms with Crippen LogP contribution in [-0.4, -0.2) is 87.5 Å². The summed E-state index contributed by atoms with van der Waals surface area (Å²) in [5, 5.41) is 53.4. The predicted molar refractivity (Wildman–Crippen MR) is 226 cm³/mol. The van der Waals surface area contributed by atoms with E-state index < -0.39 is 49.5 Å². The van der Waals surface area contributed by atoms with E-state index in [1.807, 2.05) is 13.0 Å². The van der Waals surface area contributed by atoms with Crippen molar-refractivity contribution in [2.75, 3.05) is 13.2 Å². The fourth-order valence-corrected chi connectivity index (χ4v) is 7.02. The number of amides is 1. The van der Waals surface area contributed by atoms with E-state index in [4.69, 9.17) is 9.47 Å². The van der Waals surface area contributed by atoms with Crippen molar-refractivity contribution in [3.63, 3.8) is 0 Å². The Balaban J connectivity index is 2.01. The van der Waals surface area contributed by atoms with E-state index in [2.05, 4.69) is 36.5 Å². The van der Waals surface area contributed by atoms with E-state index in [0.717, 1.165) is 38.5 Å². The van der Waals surface area contributed by atoms with Crippen molar-refractivity contribution in [3.8, 4) is 0 Å². The van der Waals surface area contributed by atoms with Gasteiger partial charge in [-0.25, -0.2) is 0 Å². The Bertz CT molecular complexity index is 956. The Morgan fingerprint density at radius 3 is 1.60 bits per heavy atom. The predicted octanol–water partition coefficient (Wildman–Crippen LogP) is 9.28. The molecule has 0 spiro atoms. The zero-order chi connectivity index (χ0) is 40.2. The van der Waals surface area contributed by atoms with E-state index in [-0.39, 0.29) is 12.5 Å². The topological polar surface area (TPSA) is 149 Å². The second-order valence-electron chi connectivity index (χ2n) is 15.8. The van der Waals surface area contributed by atoms with E-state index in [1.165, 1.54) is 135 Å². The van der Waals surface area contributed by atoms with Crippen molar-refractivity contribution in [1.29, 1.82) is 0 Å². The largest absolute Gasteiger partial charge is 0.394 e. The van der Waals surface area contributed by atoms with Crippen molar-refractivity contribution in [3.05, 3.63) is 36.5 Å². The average molecular weight is 780 g/mol. The van der Waals surface area contributed by atoms with Crippen molar-refractivity contribution in [2.45, 2.75) is 236 Å². The van der Waals surface area contributed by atoms with Gasteiger partial charge in [0.2, 0.25) is 5.91 Å². The van der Waals surface area contributed by atoms with Crippen LogP contribution in [0.2, 0.25) is 0 Å². The first-order chi connectivity index (χ1) is 26.8. The third-order valence-corrected chi connectivity index (χ3v) is 10.7. The van der Waals surface area contributed by atoms with Crippen LogP contribution in [0.1, 0.15) is 194 Å². The summed E-state index contributed by atoms with van der Waals surface area (Å²) in [7, 11) is 0. The number of rotatable bonds is 37. The number of aliphatic hydroxyl groups excluding tert-OH is 5. The Hall–Kier alpha value is -1.59. The van der Waals surface area contributed by atoms with Crippen molar-refractivity contribution in [1.82, 2.24) is 5.32 Å². The third kappa shape index (κ3) is 27.6. The molecule has 9 nitrogen and oxygen atoms in total.